The van der Waals surface area contributed by atoms with E-state index >= 15 is 0 Å². The van der Waals surface area contributed by atoms with E-state index < -0.39 is 5.97 Å². The maximum Gasteiger partial charge on any atom is 0.338 e. The average molecular weight is 385 g/mol. The number of hydrogen-bond donors (Lipinski definition) is 0. The van der Waals surface area contributed by atoms with E-state index in [1.54, 1.807) is 12.1 Å². The second-order valence-corrected chi connectivity index (χ2v) is 6.39. The molecule has 3 rings (SSSR count). The fourth-order valence-corrected chi connectivity index (χ4v) is 3.18. The van der Waals surface area contributed by atoms with Crippen LogP contribution in [-0.4, -0.2) is 43.3 Å². The van der Waals surface area contributed by atoms with Crippen LogP contribution in [0, 0.1) is 13.8 Å². The number of fused-ring (bicyclic) bond motifs is 1. The van der Waals surface area contributed by atoms with Crippen LogP contribution < -0.4 is 14.2 Å². The molecule has 1 aliphatic rings. The van der Waals surface area contributed by atoms with Gasteiger partial charge in [0.25, 0.3) is 0 Å². The van der Waals surface area contributed by atoms with E-state index in [4.69, 9.17) is 18.9 Å². The number of benzene rings is 1. The predicted octanol–water partition coefficient (Wildman–Crippen LogP) is 3.11. The third-order valence-corrected chi connectivity index (χ3v) is 4.58. The van der Waals surface area contributed by atoms with Gasteiger partial charge < -0.3 is 23.5 Å². The third-order valence-electron chi connectivity index (χ3n) is 4.58. The Balaban J connectivity index is 1.73. The van der Waals surface area contributed by atoms with Gasteiger partial charge in [0.05, 0.1) is 12.7 Å². The van der Waals surface area contributed by atoms with Crippen LogP contribution in [0.3, 0.4) is 0 Å². The zero-order valence-electron chi connectivity index (χ0n) is 16.2. The summed E-state index contributed by atoms with van der Waals surface area (Å²) in [6.07, 6.45) is 1.77. The number of aryl methyl sites for hydroxylation is 1. The molecule has 148 valence electrons. The Morgan fingerprint density at radius 3 is 2.68 bits per heavy atom. The molecule has 0 aliphatic carbocycles. The normalized spacial score (nSPS) is 12.4. The fraction of sp³-hybridized carbons (Fsp3) is 0.333. The third kappa shape index (κ3) is 3.74. The maximum absolute atomic E-state index is 12.5. The van der Waals surface area contributed by atoms with Gasteiger partial charge in [-0.1, -0.05) is 6.08 Å². The lowest BCUT2D eigenvalue weighted by Crippen LogP contribution is -2.18. The van der Waals surface area contributed by atoms with E-state index in [0.717, 1.165) is 11.4 Å². The average Bonchev–Trinajstić information content (AvgIpc) is 2.99. The van der Waals surface area contributed by atoms with Gasteiger partial charge in [-0.2, -0.15) is 0 Å². The number of rotatable bonds is 7. The van der Waals surface area contributed by atoms with Crippen LogP contribution in [0.1, 0.15) is 32.1 Å². The number of hydrogen-bond acceptors (Lipinski definition) is 6. The summed E-state index contributed by atoms with van der Waals surface area (Å²) in [5.74, 6) is 0.348. The standard InChI is InChI=1S/C21H23NO6/c1-5-6-22-13(2)9-16(14(22)3)17(23)12-28-21(24)15-10-18(25-4)20-19(11-15)26-7-8-27-20/h5,9-11H,1,6-8,12H2,2-4H3. The highest BCUT2D eigenvalue weighted by Crippen LogP contribution is 2.40. The van der Waals surface area contributed by atoms with Crippen molar-refractivity contribution in [2.75, 3.05) is 26.9 Å². The second-order valence-electron chi connectivity index (χ2n) is 6.39. The topological polar surface area (TPSA) is 76.0 Å². The number of aromatic nitrogens is 1. The lowest BCUT2D eigenvalue weighted by atomic mass is 10.1. The molecule has 0 N–H and O–H groups in total. The molecule has 0 radical (unpaired) electrons. The number of esters is 1. The highest BCUT2D eigenvalue weighted by atomic mass is 16.6. The smallest absolute Gasteiger partial charge is 0.338 e. The van der Waals surface area contributed by atoms with E-state index in [1.165, 1.54) is 19.2 Å². The lowest BCUT2D eigenvalue weighted by molar-refractivity contribution is 0.0473. The summed E-state index contributed by atoms with van der Waals surface area (Å²) in [6, 6.07) is 4.83. The molecule has 0 amide bonds. The lowest BCUT2D eigenvalue weighted by Gasteiger charge is -2.21. The molecule has 0 saturated carbocycles. The summed E-state index contributed by atoms with van der Waals surface area (Å²) < 4.78 is 23.5. The monoisotopic (exact) mass is 385 g/mol. The number of carbonyl (C=O) groups is 2. The molecular weight excluding hydrogens is 362 g/mol. The molecule has 7 nitrogen and oxygen atoms in total. The number of ether oxygens (including phenoxy) is 4. The van der Waals surface area contributed by atoms with E-state index in [-0.39, 0.29) is 18.0 Å². The molecule has 0 fully saturated rings. The van der Waals surface area contributed by atoms with Gasteiger partial charge in [0, 0.05) is 23.5 Å². The minimum absolute atomic E-state index is 0.228. The van der Waals surface area contributed by atoms with Gasteiger partial charge in [-0.3, -0.25) is 4.79 Å². The van der Waals surface area contributed by atoms with Gasteiger partial charge in [0.15, 0.2) is 18.1 Å². The fourth-order valence-electron chi connectivity index (χ4n) is 3.18. The zero-order valence-corrected chi connectivity index (χ0v) is 16.2. The van der Waals surface area contributed by atoms with E-state index in [2.05, 4.69) is 6.58 Å². The Hall–Kier alpha value is -3.22. The van der Waals surface area contributed by atoms with E-state index in [0.29, 0.717) is 42.6 Å². The van der Waals surface area contributed by atoms with E-state index in [9.17, 15) is 9.59 Å². The minimum Gasteiger partial charge on any atom is -0.493 e. The first-order valence-electron chi connectivity index (χ1n) is 8.91. The molecule has 1 aromatic heterocycles. The second kappa shape index (κ2) is 8.21. The Labute approximate surface area is 163 Å². The van der Waals surface area contributed by atoms with Crippen molar-refractivity contribution in [3.63, 3.8) is 0 Å². The van der Waals surface area contributed by atoms with Crippen molar-refractivity contribution in [2.45, 2.75) is 20.4 Å². The largest absolute Gasteiger partial charge is 0.493 e. The summed E-state index contributed by atoms with van der Waals surface area (Å²) in [5.41, 5.74) is 2.53. The van der Waals surface area contributed by atoms with Crippen molar-refractivity contribution in [3.8, 4) is 17.2 Å². The summed E-state index contributed by atoms with van der Waals surface area (Å²) in [7, 11) is 1.48. The maximum atomic E-state index is 12.5. The van der Waals surface area contributed by atoms with Crippen molar-refractivity contribution < 1.29 is 28.5 Å². The molecule has 2 aromatic rings. The zero-order chi connectivity index (χ0) is 20.3. The Bertz CT molecular complexity index is 910. The predicted molar refractivity (Wildman–Crippen MR) is 103 cm³/mol. The van der Waals surface area contributed by atoms with Gasteiger partial charge in [0.1, 0.15) is 13.2 Å². The van der Waals surface area contributed by atoms with Crippen LogP contribution in [0.25, 0.3) is 0 Å². The van der Waals surface area contributed by atoms with Gasteiger partial charge >= 0.3 is 5.97 Å². The van der Waals surface area contributed by atoms with Crippen LogP contribution in [0.4, 0.5) is 0 Å². The molecule has 1 aliphatic heterocycles. The SMILES string of the molecule is C=CCn1c(C)cc(C(=O)COC(=O)c2cc(OC)c3c(c2)OCCO3)c1C. The Morgan fingerprint density at radius 1 is 1.21 bits per heavy atom. The minimum atomic E-state index is -0.636. The molecule has 0 spiro atoms. The molecular formula is C21H23NO6. The summed E-state index contributed by atoms with van der Waals surface area (Å²) in [4.78, 5) is 25.0. The molecule has 0 bridgehead atoms. The van der Waals surface area contributed by atoms with Gasteiger partial charge in [-0.15, -0.1) is 6.58 Å². The Kier molecular flexibility index (Phi) is 5.73. The molecule has 1 aromatic carbocycles. The van der Waals surface area contributed by atoms with Crippen molar-refractivity contribution in [3.05, 3.63) is 53.4 Å². The van der Waals surface area contributed by atoms with Gasteiger partial charge in [-0.25, -0.2) is 4.79 Å². The van der Waals surface area contributed by atoms with Gasteiger partial charge in [-0.05, 0) is 32.0 Å². The van der Waals surface area contributed by atoms with Crippen molar-refractivity contribution >= 4 is 11.8 Å². The summed E-state index contributed by atoms with van der Waals surface area (Å²) in [5, 5.41) is 0. The Morgan fingerprint density at radius 2 is 1.96 bits per heavy atom. The number of carbonyl (C=O) groups excluding carboxylic acids is 2. The first kappa shape index (κ1) is 19.5. The number of Topliss-reactive ketones (excluding diaryl/α,β-unsaturated/α-hetero) is 1. The van der Waals surface area contributed by atoms with Gasteiger partial charge in [0.2, 0.25) is 11.5 Å². The first-order valence-corrected chi connectivity index (χ1v) is 8.91. The quantitative estimate of drug-likeness (QED) is 0.414. The van der Waals surface area contributed by atoms with Crippen LogP contribution in [-0.2, 0) is 11.3 Å². The molecule has 0 saturated heterocycles. The number of nitrogens with zero attached hydrogens (tertiary/aromatic N) is 1. The number of methoxy groups -OCH3 is 1. The number of allylic oxidation sites excluding steroid dienone is 1. The highest BCUT2D eigenvalue weighted by Gasteiger charge is 2.23. The first-order chi connectivity index (χ1) is 13.5. The van der Waals surface area contributed by atoms with Crippen molar-refractivity contribution in [1.29, 1.82) is 0 Å². The van der Waals surface area contributed by atoms with Crippen molar-refractivity contribution in [1.82, 2.24) is 4.57 Å². The van der Waals surface area contributed by atoms with Crippen LogP contribution in [0.5, 0.6) is 17.2 Å². The summed E-state index contributed by atoms with van der Waals surface area (Å²) >= 11 is 0. The molecule has 2 heterocycles. The van der Waals surface area contributed by atoms with Crippen LogP contribution in [0.15, 0.2) is 30.9 Å². The van der Waals surface area contributed by atoms with Crippen molar-refractivity contribution in [2.24, 2.45) is 0 Å². The molecule has 7 heteroatoms. The highest BCUT2D eigenvalue weighted by molar-refractivity contribution is 6.00. The molecule has 0 atom stereocenters. The van der Waals surface area contributed by atoms with E-state index in [1.807, 2.05) is 18.4 Å². The summed E-state index contributed by atoms with van der Waals surface area (Å²) in [6.45, 7) is 8.55. The number of ketones is 1. The molecule has 0 unspecified atom stereocenters. The van der Waals surface area contributed by atoms with Crippen LogP contribution >= 0.6 is 0 Å². The molecule has 28 heavy (non-hydrogen) atoms. The van der Waals surface area contributed by atoms with Crippen LogP contribution in [0.2, 0.25) is 0 Å².